The lowest BCUT2D eigenvalue weighted by Crippen LogP contribution is -2.07. The maximum absolute atomic E-state index is 5.40. The fourth-order valence-electron chi connectivity index (χ4n) is 9.48. The molecule has 6 heteroatoms. The van der Waals surface area contributed by atoms with Gasteiger partial charge in [-0.15, -0.1) is 11.3 Å². The van der Waals surface area contributed by atoms with Gasteiger partial charge in [0.2, 0.25) is 5.95 Å². The molecule has 0 saturated heterocycles. The molecule has 63 heavy (non-hydrogen) atoms. The van der Waals surface area contributed by atoms with Gasteiger partial charge in [-0.2, -0.15) is 9.97 Å². The molecule has 0 aliphatic carbocycles. The molecule has 0 bridgehead atoms. The van der Waals surface area contributed by atoms with Gasteiger partial charge in [-0.3, -0.25) is 4.57 Å². The third-order valence-electron chi connectivity index (χ3n) is 12.4. The first-order valence-corrected chi connectivity index (χ1v) is 22.0. The summed E-state index contributed by atoms with van der Waals surface area (Å²) in [7, 11) is 0. The molecular formula is C57H35N5S. The third-order valence-corrected chi connectivity index (χ3v) is 13.6. The molecule has 0 aliphatic rings. The Labute approximate surface area is 366 Å². The van der Waals surface area contributed by atoms with Crippen LogP contribution in [0.5, 0.6) is 0 Å². The Hall–Kier alpha value is -8.19. The number of benzene rings is 9. The van der Waals surface area contributed by atoms with Crippen LogP contribution in [0.1, 0.15) is 0 Å². The van der Waals surface area contributed by atoms with E-state index in [9.17, 15) is 0 Å². The maximum atomic E-state index is 5.40. The van der Waals surface area contributed by atoms with Crippen molar-refractivity contribution in [3.8, 4) is 56.7 Å². The number of fused-ring (bicyclic) bond motifs is 10. The van der Waals surface area contributed by atoms with Gasteiger partial charge in [-0.1, -0.05) is 182 Å². The molecule has 0 atom stereocenters. The van der Waals surface area contributed by atoms with Crippen molar-refractivity contribution >= 4 is 75.1 Å². The number of aromatic nitrogens is 5. The van der Waals surface area contributed by atoms with Gasteiger partial charge in [0.15, 0.2) is 11.6 Å². The lowest BCUT2D eigenvalue weighted by atomic mass is 10.0. The molecule has 13 aromatic rings. The number of nitrogens with zero attached hydrogens (tertiary/aromatic N) is 5. The lowest BCUT2D eigenvalue weighted by Gasteiger charge is -2.15. The van der Waals surface area contributed by atoms with E-state index in [0.29, 0.717) is 17.6 Å². The normalized spacial score (nSPS) is 11.8. The number of rotatable bonds is 6. The van der Waals surface area contributed by atoms with Gasteiger partial charge in [-0.05, 0) is 52.6 Å². The standard InChI is InChI=1S/C57H35N5S/c1-4-16-36(17-5-1)38-28-30-40(31-29-38)56-58-55(39-20-8-3-9-21-39)59-57(60-56)62-49-26-14-11-23-43(49)46-33-32-45-42-22-10-13-25-48(42)61(52(45)53(46)62)50-35-41(37-18-6-2-7-19-37)34-47-44-24-12-15-27-51(44)63-54(47)50/h1-35H. The monoisotopic (exact) mass is 821 g/mol. The maximum Gasteiger partial charge on any atom is 0.238 e. The highest BCUT2D eigenvalue weighted by Crippen LogP contribution is 2.46. The SMILES string of the molecule is c1ccc(-c2ccc(-c3nc(-c4ccccc4)nc(-n4c5ccccc5c5ccc6c7ccccc7n(-c7cc(-c8ccccc8)cc8c7sc7ccccc78)c6c54)n3)cc2)cc1. The summed E-state index contributed by atoms with van der Waals surface area (Å²) in [5, 5.41) is 7.12. The number of para-hydroxylation sites is 2. The Morgan fingerprint density at radius 2 is 0.778 bits per heavy atom. The number of thiophene rings is 1. The molecular weight excluding hydrogens is 787 g/mol. The molecule has 5 nitrogen and oxygen atoms in total. The minimum absolute atomic E-state index is 0.562. The Kier molecular flexibility index (Phi) is 8.01. The Bertz CT molecular complexity index is 3890. The second-order valence-electron chi connectivity index (χ2n) is 16.0. The number of hydrogen-bond donors (Lipinski definition) is 0. The van der Waals surface area contributed by atoms with E-state index in [4.69, 9.17) is 15.0 Å². The van der Waals surface area contributed by atoms with Crippen LogP contribution in [0.25, 0.3) is 120 Å². The Balaban J connectivity index is 1.15. The van der Waals surface area contributed by atoms with Crippen LogP contribution in [-0.4, -0.2) is 24.1 Å². The van der Waals surface area contributed by atoms with Gasteiger partial charge in [0.05, 0.1) is 32.5 Å². The summed E-state index contributed by atoms with van der Waals surface area (Å²) in [6.07, 6.45) is 0. The zero-order valence-electron chi connectivity index (χ0n) is 33.9. The molecule has 0 unspecified atom stereocenters. The molecule has 0 radical (unpaired) electrons. The molecule has 9 aromatic carbocycles. The van der Waals surface area contributed by atoms with Crippen LogP contribution >= 0.6 is 11.3 Å². The predicted octanol–water partition coefficient (Wildman–Crippen LogP) is 15.1. The van der Waals surface area contributed by atoms with Crippen LogP contribution in [0.3, 0.4) is 0 Å². The first kappa shape index (κ1) is 35.6. The van der Waals surface area contributed by atoms with Gasteiger partial charge in [0.1, 0.15) is 0 Å². The lowest BCUT2D eigenvalue weighted by molar-refractivity contribution is 0.953. The highest BCUT2D eigenvalue weighted by Gasteiger charge is 2.25. The quantitative estimate of drug-likeness (QED) is 0.168. The van der Waals surface area contributed by atoms with Crippen molar-refractivity contribution in [3.63, 3.8) is 0 Å². The third kappa shape index (κ3) is 5.66. The van der Waals surface area contributed by atoms with E-state index >= 15 is 0 Å². The van der Waals surface area contributed by atoms with Crippen molar-refractivity contribution in [2.45, 2.75) is 0 Å². The summed E-state index contributed by atoms with van der Waals surface area (Å²) < 4.78 is 7.30. The summed E-state index contributed by atoms with van der Waals surface area (Å²) in [6, 6.07) is 75.6. The highest BCUT2D eigenvalue weighted by molar-refractivity contribution is 7.26. The second kappa shape index (κ2) is 14.2. The van der Waals surface area contributed by atoms with Gasteiger partial charge in [-0.25, -0.2) is 4.98 Å². The van der Waals surface area contributed by atoms with Crippen molar-refractivity contribution < 1.29 is 0 Å². The fourth-order valence-corrected chi connectivity index (χ4v) is 10.7. The van der Waals surface area contributed by atoms with E-state index in [1.165, 1.54) is 36.7 Å². The van der Waals surface area contributed by atoms with Gasteiger partial charge < -0.3 is 4.57 Å². The van der Waals surface area contributed by atoms with Crippen molar-refractivity contribution in [1.29, 1.82) is 0 Å². The summed E-state index contributed by atoms with van der Waals surface area (Å²) in [4.78, 5) is 15.9. The second-order valence-corrected chi connectivity index (χ2v) is 17.0. The molecule has 0 aliphatic heterocycles. The average Bonchev–Trinajstić information content (AvgIpc) is 4.02. The van der Waals surface area contributed by atoms with E-state index < -0.39 is 0 Å². The highest BCUT2D eigenvalue weighted by atomic mass is 32.1. The fraction of sp³-hybridized carbons (Fsp3) is 0. The van der Waals surface area contributed by atoms with Crippen LogP contribution in [-0.2, 0) is 0 Å². The minimum atomic E-state index is 0.562. The molecule has 4 aromatic heterocycles. The van der Waals surface area contributed by atoms with Gasteiger partial charge in [0.25, 0.3) is 0 Å². The zero-order chi connectivity index (χ0) is 41.4. The first-order valence-electron chi connectivity index (χ1n) is 21.2. The largest absolute Gasteiger partial charge is 0.306 e. The smallest absolute Gasteiger partial charge is 0.238 e. The summed E-state index contributed by atoms with van der Waals surface area (Å²) in [5.41, 5.74) is 11.9. The van der Waals surface area contributed by atoms with E-state index in [2.05, 4.69) is 197 Å². The first-order chi connectivity index (χ1) is 31.2. The molecule has 0 fully saturated rings. The van der Waals surface area contributed by atoms with Crippen molar-refractivity contribution in [1.82, 2.24) is 24.1 Å². The molecule has 4 heterocycles. The topological polar surface area (TPSA) is 48.5 Å². The van der Waals surface area contributed by atoms with Crippen molar-refractivity contribution in [2.24, 2.45) is 0 Å². The van der Waals surface area contributed by atoms with Crippen LogP contribution in [0, 0.1) is 0 Å². The van der Waals surface area contributed by atoms with Crippen LogP contribution in [0.4, 0.5) is 0 Å². The summed E-state index contributed by atoms with van der Waals surface area (Å²) in [6.45, 7) is 0. The zero-order valence-corrected chi connectivity index (χ0v) is 34.7. The summed E-state index contributed by atoms with van der Waals surface area (Å²) >= 11 is 1.86. The van der Waals surface area contributed by atoms with E-state index in [1.54, 1.807) is 0 Å². The molecule has 0 amide bonds. The van der Waals surface area contributed by atoms with Crippen molar-refractivity contribution in [2.75, 3.05) is 0 Å². The van der Waals surface area contributed by atoms with Crippen molar-refractivity contribution in [3.05, 3.63) is 212 Å². The molecule has 0 N–H and O–H groups in total. The predicted molar refractivity (Wildman–Crippen MR) is 263 cm³/mol. The van der Waals surface area contributed by atoms with Crippen LogP contribution in [0.15, 0.2) is 212 Å². The van der Waals surface area contributed by atoms with Crippen LogP contribution in [0.2, 0.25) is 0 Å². The Morgan fingerprint density at radius 3 is 1.41 bits per heavy atom. The van der Waals surface area contributed by atoms with E-state index in [0.717, 1.165) is 66.2 Å². The summed E-state index contributed by atoms with van der Waals surface area (Å²) in [5.74, 6) is 1.79. The van der Waals surface area contributed by atoms with Gasteiger partial charge >= 0.3 is 0 Å². The van der Waals surface area contributed by atoms with Crippen LogP contribution < -0.4 is 0 Å². The molecule has 0 spiro atoms. The molecule has 13 rings (SSSR count). The average molecular weight is 822 g/mol. The van der Waals surface area contributed by atoms with E-state index in [1.807, 2.05) is 35.6 Å². The minimum Gasteiger partial charge on any atom is -0.306 e. The number of hydrogen-bond acceptors (Lipinski definition) is 4. The molecule has 294 valence electrons. The molecule has 0 saturated carbocycles. The van der Waals surface area contributed by atoms with Gasteiger partial charge in [0, 0.05) is 48.1 Å². The Morgan fingerprint density at radius 1 is 0.317 bits per heavy atom. The van der Waals surface area contributed by atoms with E-state index in [-0.39, 0.29) is 0 Å².